The first-order valence-electron chi connectivity index (χ1n) is 9.15. The summed E-state index contributed by atoms with van der Waals surface area (Å²) in [6.07, 6.45) is 1.38. The minimum Gasteiger partial charge on any atom is -0.485 e. The Kier molecular flexibility index (Phi) is 5.81. The Morgan fingerprint density at radius 2 is 1.93 bits per heavy atom. The molecule has 7 nitrogen and oxygen atoms in total. The molecule has 1 atom stereocenters. The number of hydrogen-bond acceptors (Lipinski definition) is 6. The summed E-state index contributed by atoms with van der Waals surface area (Å²) in [7, 11) is 0. The number of ether oxygens (including phenoxy) is 2. The van der Waals surface area contributed by atoms with Crippen molar-refractivity contribution in [3.8, 4) is 11.5 Å². The van der Waals surface area contributed by atoms with E-state index in [0.717, 1.165) is 5.69 Å². The van der Waals surface area contributed by atoms with Gasteiger partial charge >= 0.3 is 0 Å². The van der Waals surface area contributed by atoms with Gasteiger partial charge in [-0.2, -0.15) is 0 Å². The zero-order valence-corrected chi connectivity index (χ0v) is 16.5. The van der Waals surface area contributed by atoms with Crippen LogP contribution < -0.4 is 14.8 Å². The first-order valence-corrected chi connectivity index (χ1v) is 10.1. The molecule has 29 heavy (non-hydrogen) atoms. The van der Waals surface area contributed by atoms with Crippen LogP contribution in [0.15, 0.2) is 72.4 Å². The molecule has 0 radical (unpaired) electrons. The van der Waals surface area contributed by atoms with Gasteiger partial charge in [0.2, 0.25) is 5.91 Å². The molecule has 1 amide bonds. The van der Waals surface area contributed by atoms with E-state index in [-0.39, 0.29) is 17.8 Å². The third kappa shape index (κ3) is 4.43. The summed E-state index contributed by atoms with van der Waals surface area (Å²) in [5, 5.41) is 12.1. The van der Waals surface area contributed by atoms with E-state index in [4.69, 9.17) is 9.47 Å². The average Bonchev–Trinajstić information content (AvgIpc) is 3.15. The standard InChI is InChI=1S/C21H20N4O3S/c1-2-12-25-20(18-13-27-16-10-6-7-11-17(16)28-18)23-24-21(25)29-14-19(26)22-15-8-4-3-5-9-15/h2-11,18H,1,12-14H2,(H,22,26)/t18-/m0/s1. The summed E-state index contributed by atoms with van der Waals surface area (Å²) < 4.78 is 13.7. The van der Waals surface area contributed by atoms with Crippen molar-refractivity contribution in [2.45, 2.75) is 17.8 Å². The molecular formula is C21H20N4O3S. The van der Waals surface area contributed by atoms with Crippen molar-refractivity contribution in [2.24, 2.45) is 0 Å². The smallest absolute Gasteiger partial charge is 0.234 e. The SMILES string of the molecule is C=CCn1c(SCC(=O)Nc2ccccc2)nnc1[C@@H]1COc2ccccc2O1. The lowest BCUT2D eigenvalue weighted by atomic mass is 10.2. The van der Waals surface area contributed by atoms with E-state index in [1.54, 1.807) is 6.08 Å². The van der Waals surface area contributed by atoms with Gasteiger partial charge in [-0.15, -0.1) is 16.8 Å². The van der Waals surface area contributed by atoms with E-state index in [2.05, 4.69) is 22.1 Å². The number of anilines is 1. The molecule has 0 aliphatic carbocycles. The first kappa shape index (κ1) is 19.1. The van der Waals surface area contributed by atoms with Crippen molar-refractivity contribution < 1.29 is 14.3 Å². The molecule has 4 rings (SSSR count). The van der Waals surface area contributed by atoms with Crippen LogP contribution in [0.2, 0.25) is 0 Å². The normalized spacial score (nSPS) is 15.0. The Labute approximate surface area is 172 Å². The second-order valence-corrected chi connectivity index (χ2v) is 7.25. The lowest BCUT2D eigenvalue weighted by Crippen LogP contribution is -2.25. The van der Waals surface area contributed by atoms with Crippen LogP contribution in [-0.2, 0) is 11.3 Å². The maximum atomic E-state index is 12.2. The van der Waals surface area contributed by atoms with Gasteiger partial charge < -0.3 is 14.8 Å². The molecule has 3 aromatic rings. The van der Waals surface area contributed by atoms with Crippen molar-refractivity contribution in [2.75, 3.05) is 17.7 Å². The minimum atomic E-state index is -0.384. The van der Waals surface area contributed by atoms with Gasteiger partial charge in [0.15, 0.2) is 28.6 Å². The molecule has 8 heteroatoms. The maximum absolute atomic E-state index is 12.2. The zero-order chi connectivity index (χ0) is 20.1. The number of hydrogen-bond donors (Lipinski definition) is 1. The number of nitrogens with one attached hydrogen (secondary N) is 1. The fourth-order valence-electron chi connectivity index (χ4n) is 2.94. The van der Waals surface area contributed by atoms with Gasteiger partial charge in [0.05, 0.1) is 5.75 Å². The quantitative estimate of drug-likeness (QED) is 0.474. The van der Waals surface area contributed by atoms with E-state index in [1.165, 1.54) is 11.8 Å². The van der Waals surface area contributed by atoms with Crippen molar-refractivity contribution in [1.82, 2.24) is 14.8 Å². The Hall–Kier alpha value is -3.26. The highest BCUT2D eigenvalue weighted by Crippen LogP contribution is 2.36. The minimum absolute atomic E-state index is 0.109. The first-order chi connectivity index (χ1) is 14.2. The van der Waals surface area contributed by atoms with Gasteiger partial charge in [0.25, 0.3) is 0 Å². The van der Waals surface area contributed by atoms with Gasteiger partial charge in [-0.1, -0.05) is 48.2 Å². The van der Waals surface area contributed by atoms with Crippen LogP contribution in [0.5, 0.6) is 11.5 Å². The molecule has 1 N–H and O–H groups in total. The summed E-state index contributed by atoms with van der Waals surface area (Å²) in [6, 6.07) is 16.9. The summed E-state index contributed by atoms with van der Waals surface area (Å²) in [6.45, 7) is 4.66. The Bertz CT molecular complexity index is 1010. The number of amides is 1. The van der Waals surface area contributed by atoms with Crippen LogP contribution in [0.3, 0.4) is 0 Å². The molecule has 0 saturated carbocycles. The summed E-state index contributed by atoms with van der Waals surface area (Å²) in [4.78, 5) is 12.2. The van der Waals surface area contributed by atoms with Gasteiger partial charge in [0.1, 0.15) is 6.61 Å². The molecule has 1 aromatic heterocycles. The molecule has 0 unspecified atom stereocenters. The van der Waals surface area contributed by atoms with E-state index in [9.17, 15) is 4.79 Å². The molecule has 0 fully saturated rings. The van der Waals surface area contributed by atoms with Crippen molar-refractivity contribution in [1.29, 1.82) is 0 Å². The number of carbonyl (C=O) groups is 1. The molecule has 0 bridgehead atoms. The van der Waals surface area contributed by atoms with Gasteiger partial charge in [-0.25, -0.2) is 0 Å². The fourth-order valence-corrected chi connectivity index (χ4v) is 3.70. The molecular weight excluding hydrogens is 388 g/mol. The van der Waals surface area contributed by atoms with Crippen molar-refractivity contribution in [3.63, 3.8) is 0 Å². The number of thioether (sulfide) groups is 1. The van der Waals surface area contributed by atoms with E-state index < -0.39 is 0 Å². The van der Waals surface area contributed by atoms with Crippen LogP contribution in [0.4, 0.5) is 5.69 Å². The molecule has 2 heterocycles. The summed E-state index contributed by atoms with van der Waals surface area (Å²) in [5.41, 5.74) is 0.762. The van der Waals surface area contributed by atoms with Crippen molar-refractivity contribution >= 4 is 23.4 Å². The number of nitrogens with zero attached hydrogens (tertiary/aromatic N) is 3. The lowest BCUT2D eigenvalue weighted by molar-refractivity contribution is -0.113. The summed E-state index contributed by atoms with van der Waals surface area (Å²) >= 11 is 1.32. The van der Waals surface area contributed by atoms with Gasteiger partial charge in [0, 0.05) is 12.2 Å². The maximum Gasteiger partial charge on any atom is 0.234 e. The number of aromatic nitrogens is 3. The predicted molar refractivity (Wildman–Crippen MR) is 111 cm³/mol. The highest BCUT2D eigenvalue weighted by Gasteiger charge is 2.28. The Morgan fingerprint density at radius 3 is 2.72 bits per heavy atom. The molecule has 0 spiro atoms. The number of carbonyl (C=O) groups excluding carboxylic acids is 1. The predicted octanol–water partition coefficient (Wildman–Crippen LogP) is 3.71. The lowest BCUT2D eigenvalue weighted by Gasteiger charge is -2.26. The highest BCUT2D eigenvalue weighted by molar-refractivity contribution is 7.99. The van der Waals surface area contributed by atoms with Crippen LogP contribution in [-0.4, -0.2) is 33.0 Å². The third-order valence-corrected chi connectivity index (χ3v) is 5.21. The molecule has 148 valence electrons. The number of benzene rings is 2. The molecule has 2 aromatic carbocycles. The highest BCUT2D eigenvalue weighted by atomic mass is 32.2. The van der Waals surface area contributed by atoms with E-state index >= 15 is 0 Å². The van der Waals surface area contributed by atoms with Gasteiger partial charge in [-0.3, -0.25) is 9.36 Å². The molecule has 0 saturated heterocycles. The van der Waals surface area contributed by atoms with Gasteiger partial charge in [-0.05, 0) is 24.3 Å². The van der Waals surface area contributed by atoms with E-state index in [1.807, 2.05) is 59.2 Å². The monoisotopic (exact) mass is 408 g/mol. The second kappa shape index (κ2) is 8.83. The largest absolute Gasteiger partial charge is 0.485 e. The fraction of sp³-hybridized carbons (Fsp3) is 0.190. The number of fused-ring (bicyclic) bond motifs is 1. The van der Waals surface area contributed by atoms with Crippen LogP contribution >= 0.6 is 11.8 Å². The molecule has 1 aliphatic heterocycles. The Morgan fingerprint density at radius 1 is 1.17 bits per heavy atom. The van der Waals surface area contributed by atoms with Crippen LogP contribution in [0.25, 0.3) is 0 Å². The Balaban J connectivity index is 1.45. The third-order valence-electron chi connectivity index (χ3n) is 4.24. The topological polar surface area (TPSA) is 78.3 Å². The zero-order valence-electron chi connectivity index (χ0n) is 15.7. The number of rotatable bonds is 7. The summed E-state index contributed by atoms with van der Waals surface area (Å²) in [5.74, 6) is 2.14. The number of allylic oxidation sites excluding steroid dienone is 1. The number of para-hydroxylation sites is 3. The average molecular weight is 408 g/mol. The second-order valence-electron chi connectivity index (χ2n) is 6.31. The van der Waals surface area contributed by atoms with Crippen molar-refractivity contribution in [3.05, 3.63) is 73.1 Å². The van der Waals surface area contributed by atoms with Crippen LogP contribution in [0.1, 0.15) is 11.9 Å². The van der Waals surface area contributed by atoms with Crippen LogP contribution in [0, 0.1) is 0 Å². The van der Waals surface area contributed by atoms with E-state index in [0.29, 0.717) is 35.6 Å². The molecule has 1 aliphatic rings.